The lowest BCUT2D eigenvalue weighted by Gasteiger charge is -2.26. The molecule has 0 spiro atoms. The van der Waals surface area contributed by atoms with E-state index in [0.29, 0.717) is 30.2 Å². The minimum absolute atomic E-state index is 0.0182. The number of nitrogens with one attached hydrogen (secondary N) is 1. The van der Waals surface area contributed by atoms with Gasteiger partial charge in [0, 0.05) is 23.4 Å². The van der Waals surface area contributed by atoms with Crippen LogP contribution >= 0.6 is 22.9 Å². The molecule has 1 aromatic heterocycles. The van der Waals surface area contributed by atoms with Gasteiger partial charge in [0.1, 0.15) is 5.38 Å². The third-order valence-electron chi connectivity index (χ3n) is 3.63. The lowest BCUT2D eigenvalue weighted by atomic mass is 10.1. The number of hydrogen-bond acceptors (Lipinski definition) is 4. The van der Waals surface area contributed by atoms with Gasteiger partial charge in [0.25, 0.3) is 5.91 Å². The maximum atomic E-state index is 12.5. The minimum Gasteiger partial charge on any atom is -0.333 e. The summed E-state index contributed by atoms with van der Waals surface area (Å²) in [5.74, 6) is -0.250. The summed E-state index contributed by atoms with van der Waals surface area (Å²) in [6.45, 7) is 2.77. The predicted octanol–water partition coefficient (Wildman–Crippen LogP) is 2.91. The number of hydrogen-bond donors (Lipinski definition) is 1. The summed E-state index contributed by atoms with van der Waals surface area (Å²) in [5, 5.41) is 2.65. The van der Waals surface area contributed by atoms with E-state index >= 15 is 0 Å². The molecule has 0 saturated heterocycles. The van der Waals surface area contributed by atoms with Gasteiger partial charge in [-0.05, 0) is 19.1 Å². The highest BCUT2D eigenvalue weighted by atomic mass is 35.5. The molecule has 0 fully saturated rings. The molecule has 0 saturated carbocycles. The van der Waals surface area contributed by atoms with Crippen LogP contribution in [-0.2, 0) is 17.8 Å². The molecule has 5 nitrogen and oxygen atoms in total. The highest BCUT2D eigenvalue weighted by molar-refractivity contribution is 7.15. The van der Waals surface area contributed by atoms with Gasteiger partial charge in [0.15, 0.2) is 5.13 Å². The van der Waals surface area contributed by atoms with Crippen molar-refractivity contribution in [3.05, 3.63) is 46.5 Å². The summed E-state index contributed by atoms with van der Waals surface area (Å²) in [6, 6.07) is 9.24. The third-order valence-corrected chi connectivity index (χ3v) is 4.83. The molecule has 3 rings (SSSR count). The first-order chi connectivity index (χ1) is 11.0. The maximum Gasteiger partial charge on any atom is 0.254 e. The number of nitrogens with zero attached hydrogens (tertiary/aromatic N) is 2. The van der Waals surface area contributed by atoms with E-state index in [2.05, 4.69) is 10.3 Å². The summed E-state index contributed by atoms with van der Waals surface area (Å²) < 4.78 is 0. The van der Waals surface area contributed by atoms with E-state index in [4.69, 9.17) is 11.6 Å². The Kier molecular flexibility index (Phi) is 4.63. The van der Waals surface area contributed by atoms with Crippen molar-refractivity contribution in [3.63, 3.8) is 0 Å². The number of fused-ring (bicyclic) bond motifs is 1. The minimum atomic E-state index is -0.605. The number of rotatable bonds is 3. The number of aromatic nitrogens is 1. The van der Waals surface area contributed by atoms with Crippen LogP contribution in [-0.4, -0.2) is 33.6 Å². The average Bonchev–Trinajstić information content (AvgIpc) is 2.96. The highest BCUT2D eigenvalue weighted by Gasteiger charge is 2.25. The van der Waals surface area contributed by atoms with Crippen molar-refractivity contribution in [2.45, 2.75) is 25.3 Å². The van der Waals surface area contributed by atoms with E-state index in [1.54, 1.807) is 6.92 Å². The summed E-state index contributed by atoms with van der Waals surface area (Å²) in [7, 11) is 0. The van der Waals surface area contributed by atoms with Gasteiger partial charge in [-0.1, -0.05) is 29.5 Å². The Balaban J connectivity index is 1.72. The zero-order valence-electron chi connectivity index (χ0n) is 12.6. The van der Waals surface area contributed by atoms with Crippen LogP contribution in [0.15, 0.2) is 30.3 Å². The van der Waals surface area contributed by atoms with Gasteiger partial charge in [-0.25, -0.2) is 4.98 Å². The average molecular weight is 350 g/mol. The fourth-order valence-electron chi connectivity index (χ4n) is 2.39. The molecular formula is C16H16ClN3O2S. The van der Waals surface area contributed by atoms with Crippen molar-refractivity contribution in [1.29, 1.82) is 0 Å². The second-order valence-corrected chi connectivity index (χ2v) is 7.08. The molecule has 1 N–H and O–H groups in total. The zero-order valence-corrected chi connectivity index (χ0v) is 14.2. The first-order valence-corrected chi connectivity index (χ1v) is 8.57. The molecule has 2 amide bonds. The Morgan fingerprint density at radius 2 is 2.09 bits per heavy atom. The Morgan fingerprint density at radius 1 is 1.35 bits per heavy atom. The Labute approximate surface area is 143 Å². The fourth-order valence-corrected chi connectivity index (χ4v) is 3.47. The summed E-state index contributed by atoms with van der Waals surface area (Å²) in [4.78, 5) is 31.4. The first-order valence-electron chi connectivity index (χ1n) is 7.32. The molecule has 120 valence electrons. The normalized spacial score (nSPS) is 15.0. The van der Waals surface area contributed by atoms with Gasteiger partial charge in [-0.3, -0.25) is 9.59 Å². The molecule has 0 bridgehead atoms. The molecule has 2 aromatic rings. The Morgan fingerprint density at radius 3 is 2.78 bits per heavy atom. The van der Waals surface area contributed by atoms with Gasteiger partial charge in [0.05, 0.1) is 12.2 Å². The van der Waals surface area contributed by atoms with Crippen molar-refractivity contribution in [2.75, 3.05) is 11.9 Å². The molecule has 7 heteroatoms. The van der Waals surface area contributed by atoms with Crippen molar-refractivity contribution in [2.24, 2.45) is 0 Å². The summed E-state index contributed by atoms with van der Waals surface area (Å²) in [5.41, 5.74) is 1.63. The van der Waals surface area contributed by atoms with Crippen LogP contribution in [0, 0.1) is 0 Å². The van der Waals surface area contributed by atoms with Gasteiger partial charge in [0.2, 0.25) is 5.91 Å². The quantitative estimate of drug-likeness (QED) is 0.867. The van der Waals surface area contributed by atoms with Crippen LogP contribution in [0.1, 0.15) is 27.9 Å². The number of thiazole rings is 1. The van der Waals surface area contributed by atoms with Crippen molar-refractivity contribution >= 4 is 39.9 Å². The van der Waals surface area contributed by atoms with Crippen molar-refractivity contribution in [3.8, 4) is 0 Å². The molecule has 1 unspecified atom stereocenters. The molecule has 0 aliphatic carbocycles. The topological polar surface area (TPSA) is 62.3 Å². The number of carbonyl (C=O) groups is 2. The predicted molar refractivity (Wildman–Crippen MR) is 90.9 cm³/mol. The zero-order chi connectivity index (χ0) is 16.4. The van der Waals surface area contributed by atoms with Crippen molar-refractivity contribution in [1.82, 2.24) is 9.88 Å². The van der Waals surface area contributed by atoms with E-state index in [1.807, 2.05) is 35.2 Å². The number of halogens is 1. The highest BCUT2D eigenvalue weighted by Crippen LogP contribution is 2.29. The molecule has 1 aliphatic rings. The SMILES string of the molecule is CC(Cl)C(=O)Nc1nc2c(s1)CN(C(=O)c1ccccc1)CC2. The van der Waals surface area contributed by atoms with Crippen LogP contribution in [0.2, 0.25) is 0 Å². The third kappa shape index (κ3) is 3.54. The number of anilines is 1. The van der Waals surface area contributed by atoms with Gasteiger partial charge in [-0.2, -0.15) is 0 Å². The van der Waals surface area contributed by atoms with Crippen LogP contribution in [0.3, 0.4) is 0 Å². The van der Waals surface area contributed by atoms with E-state index in [1.165, 1.54) is 11.3 Å². The summed E-state index contributed by atoms with van der Waals surface area (Å²) in [6.07, 6.45) is 0.691. The number of alkyl halides is 1. The van der Waals surface area contributed by atoms with E-state index in [-0.39, 0.29) is 11.8 Å². The van der Waals surface area contributed by atoms with Crippen LogP contribution in [0.25, 0.3) is 0 Å². The molecule has 1 aromatic carbocycles. The Bertz CT molecular complexity index is 730. The van der Waals surface area contributed by atoms with E-state index < -0.39 is 5.38 Å². The smallest absolute Gasteiger partial charge is 0.254 e. The van der Waals surface area contributed by atoms with Crippen LogP contribution in [0.5, 0.6) is 0 Å². The molecule has 1 aliphatic heterocycles. The standard InChI is InChI=1S/C16H16ClN3O2S/c1-10(17)14(21)19-16-18-12-7-8-20(9-13(12)23-16)15(22)11-5-3-2-4-6-11/h2-6,10H,7-9H2,1H3,(H,18,19,21). The van der Waals surface area contributed by atoms with Crippen molar-refractivity contribution < 1.29 is 9.59 Å². The van der Waals surface area contributed by atoms with E-state index in [0.717, 1.165) is 10.6 Å². The molecular weight excluding hydrogens is 334 g/mol. The van der Waals surface area contributed by atoms with E-state index in [9.17, 15) is 9.59 Å². The first kappa shape index (κ1) is 16.0. The maximum absolute atomic E-state index is 12.5. The summed E-state index contributed by atoms with van der Waals surface area (Å²) >= 11 is 7.15. The molecule has 1 atom stereocenters. The van der Waals surface area contributed by atoms with Gasteiger partial charge in [-0.15, -0.1) is 11.6 Å². The van der Waals surface area contributed by atoms with Gasteiger partial charge < -0.3 is 10.2 Å². The number of benzene rings is 1. The largest absolute Gasteiger partial charge is 0.333 e. The monoisotopic (exact) mass is 349 g/mol. The fraction of sp³-hybridized carbons (Fsp3) is 0.312. The lowest BCUT2D eigenvalue weighted by molar-refractivity contribution is -0.115. The number of carbonyl (C=O) groups excluding carboxylic acids is 2. The molecule has 2 heterocycles. The second kappa shape index (κ2) is 6.68. The van der Waals surface area contributed by atoms with Crippen LogP contribution < -0.4 is 5.32 Å². The molecule has 0 radical (unpaired) electrons. The Hall–Kier alpha value is -1.92. The van der Waals surface area contributed by atoms with Crippen LogP contribution in [0.4, 0.5) is 5.13 Å². The lowest BCUT2D eigenvalue weighted by Crippen LogP contribution is -2.35. The second-order valence-electron chi connectivity index (χ2n) is 5.34. The number of amides is 2. The molecule has 23 heavy (non-hydrogen) atoms. The van der Waals surface area contributed by atoms with Gasteiger partial charge >= 0.3 is 0 Å².